The van der Waals surface area contributed by atoms with Gasteiger partial charge in [0.15, 0.2) is 5.58 Å². The van der Waals surface area contributed by atoms with Crippen LogP contribution in [0.15, 0.2) is 199 Å². The van der Waals surface area contributed by atoms with Crippen LogP contribution in [0, 0.1) is 0 Å². The summed E-state index contributed by atoms with van der Waals surface area (Å²) in [4.78, 5) is 7.28. The summed E-state index contributed by atoms with van der Waals surface area (Å²) in [6.45, 7) is 0. The van der Waals surface area contributed by atoms with Crippen molar-refractivity contribution in [1.82, 2.24) is 4.98 Å². The molecule has 50 heavy (non-hydrogen) atoms. The highest BCUT2D eigenvalue weighted by Crippen LogP contribution is 2.39. The Hall–Kier alpha value is -6.71. The number of rotatable bonds is 7. The van der Waals surface area contributed by atoms with Crippen LogP contribution in [0.3, 0.4) is 0 Å². The van der Waals surface area contributed by atoms with E-state index in [9.17, 15) is 0 Å². The van der Waals surface area contributed by atoms with E-state index in [-0.39, 0.29) is 0 Å². The number of benzene rings is 8. The Labute approximate surface area is 291 Å². The molecular weight excluding hydrogens is 609 g/mol. The molecule has 236 valence electrons. The molecule has 3 nitrogen and oxygen atoms in total. The molecule has 0 spiro atoms. The maximum atomic E-state index is 6.22. The van der Waals surface area contributed by atoms with E-state index >= 15 is 0 Å². The second kappa shape index (κ2) is 12.7. The Morgan fingerprint density at radius 2 is 0.840 bits per heavy atom. The monoisotopic (exact) mass is 640 g/mol. The molecule has 0 aliphatic rings. The summed E-state index contributed by atoms with van der Waals surface area (Å²) in [5.74, 6) is 0.636. The van der Waals surface area contributed by atoms with E-state index < -0.39 is 0 Å². The van der Waals surface area contributed by atoms with Crippen molar-refractivity contribution in [2.45, 2.75) is 0 Å². The predicted octanol–water partition coefficient (Wildman–Crippen LogP) is 13.1. The van der Waals surface area contributed by atoms with Gasteiger partial charge in [-0.05, 0) is 93.4 Å². The number of nitrogens with zero attached hydrogens (tertiary/aromatic N) is 2. The molecule has 0 unspecified atom stereocenters. The van der Waals surface area contributed by atoms with E-state index in [1.54, 1.807) is 0 Å². The third kappa shape index (κ3) is 5.51. The lowest BCUT2D eigenvalue weighted by Gasteiger charge is -2.26. The molecular formula is C47H32N2O. The van der Waals surface area contributed by atoms with Gasteiger partial charge in [0.25, 0.3) is 0 Å². The van der Waals surface area contributed by atoms with Crippen LogP contribution in [-0.2, 0) is 0 Å². The molecule has 0 aliphatic heterocycles. The molecule has 3 heteroatoms. The first kappa shape index (κ1) is 29.4. The summed E-state index contributed by atoms with van der Waals surface area (Å²) in [5.41, 5.74) is 13.0. The third-order valence-corrected chi connectivity index (χ3v) is 9.32. The number of oxazole rings is 1. The molecule has 8 aromatic carbocycles. The largest absolute Gasteiger partial charge is 0.436 e. The van der Waals surface area contributed by atoms with Crippen LogP contribution in [0.5, 0.6) is 0 Å². The van der Waals surface area contributed by atoms with Crippen molar-refractivity contribution in [3.63, 3.8) is 0 Å². The number of hydrogen-bond donors (Lipinski definition) is 0. The highest BCUT2D eigenvalue weighted by molar-refractivity contribution is 6.11. The summed E-state index contributed by atoms with van der Waals surface area (Å²) in [6, 6.07) is 68.1. The van der Waals surface area contributed by atoms with E-state index in [1.807, 2.05) is 36.4 Å². The fraction of sp³-hybridized carbons (Fsp3) is 0. The Balaban J connectivity index is 1.03. The molecule has 1 aromatic heterocycles. The zero-order valence-electron chi connectivity index (χ0n) is 27.3. The van der Waals surface area contributed by atoms with Gasteiger partial charge in [-0.1, -0.05) is 140 Å². The summed E-state index contributed by atoms with van der Waals surface area (Å²) in [7, 11) is 0. The summed E-state index contributed by atoms with van der Waals surface area (Å²) in [6.07, 6.45) is 0. The molecule has 0 atom stereocenters. The first-order valence-corrected chi connectivity index (χ1v) is 16.9. The zero-order chi connectivity index (χ0) is 33.3. The molecule has 9 rings (SSSR count). The number of hydrogen-bond acceptors (Lipinski definition) is 3. The lowest BCUT2D eigenvalue weighted by atomic mass is 9.95. The first-order valence-electron chi connectivity index (χ1n) is 16.9. The van der Waals surface area contributed by atoms with E-state index in [1.165, 1.54) is 11.1 Å². The maximum Gasteiger partial charge on any atom is 0.227 e. The van der Waals surface area contributed by atoms with Crippen molar-refractivity contribution >= 4 is 38.9 Å². The minimum Gasteiger partial charge on any atom is -0.436 e. The Kier molecular flexibility index (Phi) is 7.49. The fourth-order valence-electron chi connectivity index (χ4n) is 6.81. The normalized spacial score (nSPS) is 11.2. The second-order valence-corrected chi connectivity index (χ2v) is 12.4. The number of fused-ring (bicyclic) bond motifs is 3. The number of anilines is 3. The van der Waals surface area contributed by atoms with E-state index in [0.29, 0.717) is 5.89 Å². The van der Waals surface area contributed by atoms with Crippen LogP contribution in [0.4, 0.5) is 17.1 Å². The van der Waals surface area contributed by atoms with E-state index in [0.717, 1.165) is 66.8 Å². The van der Waals surface area contributed by atoms with Gasteiger partial charge in [0.05, 0.1) is 0 Å². The van der Waals surface area contributed by atoms with Crippen LogP contribution >= 0.6 is 0 Å². The maximum absolute atomic E-state index is 6.22. The van der Waals surface area contributed by atoms with Gasteiger partial charge in [-0.25, -0.2) is 4.98 Å². The van der Waals surface area contributed by atoms with Crippen LogP contribution in [-0.4, -0.2) is 4.98 Å². The lowest BCUT2D eigenvalue weighted by Crippen LogP contribution is -2.09. The standard InChI is InChI=1S/C47H32N2O/c1-4-11-33(12-5-1)35-23-28-41(29-24-35)49(40-16-8-3-9-17-40)42-30-25-36(26-31-42)34-19-21-37(22-20-34)43-18-10-15-38-27-32-44-46(45(38)43)48-47(50-44)39-13-6-2-7-14-39/h1-32H. The highest BCUT2D eigenvalue weighted by atomic mass is 16.3. The van der Waals surface area contributed by atoms with Gasteiger partial charge in [0.1, 0.15) is 5.52 Å². The van der Waals surface area contributed by atoms with Gasteiger partial charge >= 0.3 is 0 Å². The number of para-hydroxylation sites is 1. The average molecular weight is 641 g/mol. The van der Waals surface area contributed by atoms with E-state index in [2.05, 4.69) is 163 Å². The van der Waals surface area contributed by atoms with Crippen molar-refractivity contribution in [2.24, 2.45) is 0 Å². The van der Waals surface area contributed by atoms with Crippen molar-refractivity contribution in [3.05, 3.63) is 194 Å². The molecule has 0 aliphatic carbocycles. The van der Waals surface area contributed by atoms with Gasteiger partial charge < -0.3 is 9.32 Å². The highest BCUT2D eigenvalue weighted by Gasteiger charge is 2.16. The van der Waals surface area contributed by atoms with Gasteiger partial charge in [-0.15, -0.1) is 0 Å². The van der Waals surface area contributed by atoms with Crippen LogP contribution in [0.1, 0.15) is 0 Å². The molecule has 0 fully saturated rings. The SMILES string of the molecule is c1ccc(-c2ccc(N(c3ccccc3)c3ccc(-c4ccc(-c5cccc6ccc7oc(-c8ccccc8)nc7c56)cc4)cc3)cc2)cc1. The number of aromatic nitrogens is 1. The molecule has 0 bridgehead atoms. The van der Waals surface area contributed by atoms with Crippen molar-refractivity contribution in [2.75, 3.05) is 4.90 Å². The second-order valence-electron chi connectivity index (χ2n) is 12.4. The predicted molar refractivity (Wildman–Crippen MR) is 208 cm³/mol. The van der Waals surface area contributed by atoms with E-state index in [4.69, 9.17) is 9.40 Å². The summed E-state index contributed by atoms with van der Waals surface area (Å²) < 4.78 is 6.22. The first-order chi connectivity index (χ1) is 24.8. The third-order valence-electron chi connectivity index (χ3n) is 9.32. The van der Waals surface area contributed by atoms with Gasteiger partial charge in [-0.3, -0.25) is 0 Å². The van der Waals surface area contributed by atoms with Gasteiger partial charge in [-0.2, -0.15) is 0 Å². The van der Waals surface area contributed by atoms with Gasteiger partial charge in [0.2, 0.25) is 5.89 Å². The lowest BCUT2D eigenvalue weighted by molar-refractivity contribution is 0.620. The Morgan fingerprint density at radius 3 is 1.44 bits per heavy atom. The average Bonchev–Trinajstić information content (AvgIpc) is 3.65. The zero-order valence-corrected chi connectivity index (χ0v) is 27.3. The van der Waals surface area contributed by atoms with Crippen LogP contribution < -0.4 is 4.90 Å². The molecule has 0 saturated carbocycles. The minimum atomic E-state index is 0.636. The fourth-order valence-corrected chi connectivity index (χ4v) is 6.81. The molecule has 0 N–H and O–H groups in total. The van der Waals surface area contributed by atoms with Crippen molar-refractivity contribution in [1.29, 1.82) is 0 Å². The molecule has 0 radical (unpaired) electrons. The summed E-state index contributed by atoms with van der Waals surface area (Å²) in [5, 5.41) is 2.24. The van der Waals surface area contributed by atoms with Crippen molar-refractivity contribution < 1.29 is 4.42 Å². The smallest absolute Gasteiger partial charge is 0.227 e. The summed E-state index contributed by atoms with van der Waals surface area (Å²) >= 11 is 0. The molecule has 1 heterocycles. The Bertz CT molecular complexity index is 2540. The topological polar surface area (TPSA) is 29.3 Å². The van der Waals surface area contributed by atoms with Crippen LogP contribution in [0.25, 0.3) is 66.7 Å². The molecule has 0 amide bonds. The minimum absolute atomic E-state index is 0.636. The Morgan fingerprint density at radius 1 is 0.360 bits per heavy atom. The van der Waals surface area contributed by atoms with Crippen LogP contribution in [0.2, 0.25) is 0 Å². The quantitative estimate of drug-likeness (QED) is 0.174. The van der Waals surface area contributed by atoms with Gasteiger partial charge in [0, 0.05) is 28.0 Å². The molecule has 0 saturated heterocycles. The van der Waals surface area contributed by atoms with Crippen molar-refractivity contribution in [3.8, 4) is 44.8 Å². The molecule has 9 aromatic rings.